The minimum Gasteiger partial charge on any atom is -0.173 e. The molecule has 3 heteroatoms. The Balaban J connectivity index is 3.10. The van der Waals surface area contributed by atoms with Crippen LogP contribution < -0.4 is 0 Å². The monoisotopic (exact) mass is 198 g/mol. The van der Waals surface area contributed by atoms with Gasteiger partial charge in [0.2, 0.25) is 0 Å². The van der Waals surface area contributed by atoms with E-state index in [1.807, 2.05) is 6.92 Å². The quantitative estimate of drug-likeness (QED) is 0.637. The zero-order chi connectivity index (χ0) is 9.84. The highest BCUT2D eigenvalue weighted by molar-refractivity contribution is 7.19. The van der Waals surface area contributed by atoms with Crippen LogP contribution in [0.4, 0.5) is 8.78 Å². The van der Waals surface area contributed by atoms with Crippen molar-refractivity contribution in [2.75, 3.05) is 0 Å². The van der Waals surface area contributed by atoms with Crippen molar-refractivity contribution in [3.8, 4) is 0 Å². The Kier molecular flexibility index (Phi) is 3.32. The summed E-state index contributed by atoms with van der Waals surface area (Å²) in [6.07, 6.45) is -0.820. The van der Waals surface area contributed by atoms with E-state index >= 15 is 0 Å². The van der Waals surface area contributed by atoms with Crippen molar-refractivity contribution in [2.24, 2.45) is 0 Å². The zero-order valence-electron chi connectivity index (χ0n) is 7.14. The van der Waals surface area contributed by atoms with E-state index in [9.17, 15) is 8.78 Å². The maximum Gasteiger partial charge on any atom is 0.270 e. The van der Waals surface area contributed by atoms with Crippen LogP contribution >= 0.6 is 8.86 Å². The summed E-state index contributed by atoms with van der Waals surface area (Å²) >= 11 is 0. The fraction of sp³-hybridized carbons (Fsp3) is 0.100. The van der Waals surface area contributed by atoms with Crippen molar-refractivity contribution in [3.05, 3.63) is 41.0 Å². The van der Waals surface area contributed by atoms with Crippen LogP contribution in [0.15, 0.2) is 24.3 Å². The molecule has 0 radical (unpaired) electrons. The Morgan fingerprint density at radius 3 is 2.54 bits per heavy atom. The molecule has 0 aromatic heterocycles. The molecule has 0 amide bonds. The zero-order valence-corrected chi connectivity index (χ0v) is 8.14. The third kappa shape index (κ3) is 2.74. The molecule has 0 saturated heterocycles. The molecular weight excluding hydrogens is 189 g/mol. The smallest absolute Gasteiger partial charge is 0.173 e. The van der Waals surface area contributed by atoms with Crippen molar-refractivity contribution in [1.82, 2.24) is 0 Å². The lowest BCUT2D eigenvalue weighted by molar-refractivity contribution is 0.429. The second-order valence-electron chi connectivity index (χ2n) is 2.69. The standard InChI is InChI=1S/C10H9F2P/c1-7-4-8(5-10(11)12)2-3-9(7)6-13/h2-6,13H,1H3. The molecule has 0 spiro atoms. The molecule has 13 heavy (non-hydrogen) atoms. The maximum atomic E-state index is 11.9. The topological polar surface area (TPSA) is 0 Å². The Morgan fingerprint density at radius 2 is 2.08 bits per heavy atom. The Bertz CT molecular complexity index is 352. The van der Waals surface area contributed by atoms with Gasteiger partial charge in [-0.15, -0.1) is 8.86 Å². The van der Waals surface area contributed by atoms with E-state index in [-0.39, 0.29) is 0 Å². The van der Waals surface area contributed by atoms with Gasteiger partial charge in [0, 0.05) is 6.08 Å². The molecule has 0 bridgehead atoms. The first kappa shape index (κ1) is 10.1. The first-order chi connectivity index (χ1) is 6.13. The summed E-state index contributed by atoms with van der Waals surface area (Å²) in [7, 11) is 3.24. The molecule has 1 rings (SSSR count). The first-order valence-electron chi connectivity index (χ1n) is 3.77. The normalized spacial score (nSPS) is 9.46. The summed E-state index contributed by atoms with van der Waals surface area (Å²) in [5, 5.41) is 0. The Morgan fingerprint density at radius 1 is 1.38 bits per heavy atom. The summed E-state index contributed by atoms with van der Waals surface area (Å²) in [5.41, 5.74) is 2.48. The fourth-order valence-corrected chi connectivity index (χ4v) is 1.40. The third-order valence-electron chi connectivity index (χ3n) is 1.73. The largest absolute Gasteiger partial charge is 0.270 e. The number of halogens is 2. The summed E-state index contributed by atoms with van der Waals surface area (Å²) in [5.74, 6) is 1.76. The predicted molar refractivity (Wildman–Crippen MR) is 54.9 cm³/mol. The number of aryl methyl sites for hydroxylation is 1. The Hall–Kier alpha value is -1.01. The molecule has 0 N–H and O–H groups in total. The summed E-state index contributed by atoms with van der Waals surface area (Å²) in [6, 6.07) is 5.15. The lowest BCUT2D eigenvalue weighted by atomic mass is 10.1. The van der Waals surface area contributed by atoms with Crippen LogP contribution in [-0.2, 0) is 0 Å². The lowest BCUT2D eigenvalue weighted by Crippen LogP contribution is -1.85. The molecule has 68 valence electrons. The van der Waals surface area contributed by atoms with Gasteiger partial charge in [-0.25, -0.2) is 0 Å². The number of benzene rings is 1. The van der Waals surface area contributed by atoms with Crippen LogP contribution in [0, 0.1) is 6.92 Å². The summed E-state index contributed by atoms with van der Waals surface area (Å²) < 4.78 is 23.8. The second kappa shape index (κ2) is 4.29. The first-order valence-corrected chi connectivity index (χ1v) is 4.35. The molecule has 1 aromatic rings. The van der Waals surface area contributed by atoms with E-state index in [1.165, 1.54) is 0 Å². The Labute approximate surface area is 78.1 Å². The van der Waals surface area contributed by atoms with Gasteiger partial charge in [-0.05, 0) is 29.4 Å². The third-order valence-corrected chi connectivity index (χ3v) is 2.04. The molecule has 0 fully saturated rings. The van der Waals surface area contributed by atoms with Crippen molar-refractivity contribution in [2.45, 2.75) is 6.92 Å². The van der Waals surface area contributed by atoms with E-state index in [0.29, 0.717) is 5.56 Å². The van der Waals surface area contributed by atoms with Crippen LogP contribution in [0.25, 0.3) is 6.08 Å². The van der Waals surface area contributed by atoms with Crippen molar-refractivity contribution >= 4 is 20.7 Å². The van der Waals surface area contributed by atoms with E-state index in [1.54, 1.807) is 24.0 Å². The van der Waals surface area contributed by atoms with Gasteiger partial charge in [0.15, 0.2) is 0 Å². The number of hydrogen-bond donors (Lipinski definition) is 0. The summed E-state index contributed by atoms with van der Waals surface area (Å²) in [4.78, 5) is 0. The fourth-order valence-electron chi connectivity index (χ4n) is 1.08. The highest BCUT2D eigenvalue weighted by Gasteiger charge is 1.96. The van der Waals surface area contributed by atoms with Gasteiger partial charge in [-0.2, -0.15) is 8.78 Å². The molecule has 0 atom stereocenters. The van der Waals surface area contributed by atoms with Crippen LogP contribution in [0.3, 0.4) is 0 Å². The molecule has 0 unspecified atom stereocenters. The van der Waals surface area contributed by atoms with Gasteiger partial charge < -0.3 is 0 Å². The minimum atomic E-state index is -1.67. The molecular formula is C10H9F2P. The van der Waals surface area contributed by atoms with Crippen LogP contribution in [0.2, 0.25) is 0 Å². The van der Waals surface area contributed by atoms with E-state index in [2.05, 4.69) is 8.86 Å². The summed E-state index contributed by atoms with van der Waals surface area (Å²) in [6.45, 7) is 1.87. The van der Waals surface area contributed by atoms with Gasteiger partial charge in [-0.3, -0.25) is 0 Å². The van der Waals surface area contributed by atoms with E-state index < -0.39 is 6.08 Å². The van der Waals surface area contributed by atoms with E-state index in [4.69, 9.17) is 0 Å². The number of hydrogen-bond acceptors (Lipinski definition) is 0. The average Bonchev–Trinajstić information content (AvgIpc) is 2.03. The molecule has 0 saturated carbocycles. The molecule has 1 aromatic carbocycles. The SMILES string of the molecule is Cc1cc(C=C(F)F)ccc1C=P. The van der Waals surface area contributed by atoms with Gasteiger partial charge in [0.25, 0.3) is 6.08 Å². The molecule has 0 aliphatic rings. The van der Waals surface area contributed by atoms with Gasteiger partial charge >= 0.3 is 0 Å². The molecule has 0 aliphatic carbocycles. The van der Waals surface area contributed by atoms with Crippen LogP contribution in [0.5, 0.6) is 0 Å². The average molecular weight is 198 g/mol. The van der Waals surface area contributed by atoms with Gasteiger partial charge in [-0.1, -0.05) is 18.2 Å². The molecule has 0 nitrogen and oxygen atoms in total. The molecule has 0 heterocycles. The van der Waals surface area contributed by atoms with Crippen molar-refractivity contribution in [1.29, 1.82) is 0 Å². The van der Waals surface area contributed by atoms with Crippen LogP contribution in [0.1, 0.15) is 16.7 Å². The lowest BCUT2D eigenvalue weighted by Gasteiger charge is -2.00. The van der Waals surface area contributed by atoms with Crippen LogP contribution in [-0.4, -0.2) is 5.80 Å². The van der Waals surface area contributed by atoms with Gasteiger partial charge in [0.1, 0.15) is 0 Å². The predicted octanol–water partition coefficient (Wildman–Crippen LogP) is 3.53. The van der Waals surface area contributed by atoms with Crippen molar-refractivity contribution in [3.63, 3.8) is 0 Å². The van der Waals surface area contributed by atoms with Gasteiger partial charge in [0.05, 0.1) is 0 Å². The molecule has 0 aliphatic heterocycles. The number of rotatable bonds is 2. The minimum absolute atomic E-state index is 0.523. The van der Waals surface area contributed by atoms with E-state index in [0.717, 1.165) is 17.2 Å². The van der Waals surface area contributed by atoms with Crippen molar-refractivity contribution < 1.29 is 8.78 Å². The second-order valence-corrected chi connectivity index (χ2v) is 2.98. The maximum absolute atomic E-state index is 11.9. The highest BCUT2D eigenvalue weighted by Crippen LogP contribution is 2.13. The highest BCUT2D eigenvalue weighted by atomic mass is 31.0.